The maximum Gasteiger partial charge on any atom is 0.411 e. The highest BCUT2D eigenvalue weighted by Gasteiger charge is 2.22. The van der Waals surface area contributed by atoms with E-state index in [0.717, 1.165) is 5.56 Å². The second-order valence-corrected chi connectivity index (χ2v) is 9.87. The largest absolute Gasteiger partial charge is 0.453 e. The highest BCUT2D eigenvalue weighted by molar-refractivity contribution is 6.32. The van der Waals surface area contributed by atoms with Gasteiger partial charge in [0.15, 0.2) is 0 Å². The summed E-state index contributed by atoms with van der Waals surface area (Å²) >= 11 is 12.8. The van der Waals surface area contributed by atoms with Crippen molar-refractivity contribution in [2.24, 2.45) is 7.05 Å². The van der Waals surface area contributed by atoms with Gasteiger partial charge in [0, 0.05) is 47.6 Å². The number of nitrogens with zero attached hydrogens (tertiary/aromatic N) is 7. The molecule has 0 bridgehead atoms. The van der Waals surface area contributed by atoms with Crippen LogP contribution in [0.2, 0.25) is 10.2 Å². The Balaban J connectivity index is 1.39. The lowest BCUT2D eigenvalue weighted by Crippen LogP contribution is -2.29. The van der Waals surface area contributed by atoms with E-state index < -0.39 is 12.1 Å². The number of carbonyl (C=O) groups excluding carboxylic acids is 2. The Morgan fingerprint density at radius 1 is 1.17 bits per heavy atom. The first kappa shape index (κ1) is 28.5. The number of aromatic nitrogens is 8. The predicted molar refractivity (Wildman–Crippen MR) is 156 cm³/mol. The van der Waals surface area contributed by atoms with Crippen LogP contribution in [0.1, 0.15) is 23.0 Å². The van der Waals surface area contributed by atoms with Crippen molar-refractivity contribution in [1.29, 1.82) is 0 Å². The summed E-state index contributed by atoms with van der Waals surface area (Å²) < 4.78 is 7.78. The normalized spacial score (nSPS) is 11.9. The molecule has 0 spiro atoms. The van der Waals surface area contributed by atoms with Gasteiger partial charge in [-0.1, -0.05) is 35.3 Å². The number of benzene rings is 2. The topological polar surface area (TPSA) is 158 Å². The summed E-state index contributed by atoms with van der Waals surface area (Å²) in [5.74, 6) is 0.0772. The number of hydrogen-bond donors (Lipinski definition) is 3. The van der Waals surface area contributed by atoms with Crippen molar-refractivity contribution >= 4 is 47.0 Å². The fourth-order valence-electron chi connectivity index (χ4n) is 4.16. The lowest BCUT2D eigenvalue weighted by molar-refractivity contribution is -0.117. The molecule has 0 fully saturated rings. The van der Waals surface area contributed by atoms with E-state index in [9.17, 15) is 9.59 Å². The van der Waals surface area contributed by atoms with E-state index in [4.69, 9.17) is 28.2 Å². The van der Waals surface area contributed by atoms with Gasteiger partial charge in [-0.3, -0.25) is 14.8 Å². The van der Waals surface area contributed by atoms with E-state index in [1.54, 1.807) is 59.4 Å². The van der Waals surface area contributed by atoms with Gasteiger partial charge in [0.05, 0.1) is 25.0 Å². The van der Waals surface area contributed by atoms with E-state index in [1.165, 1.54) is 24.2 Å². The van der Waals surface area contributed by atoms with Crippen molar-refractivity contribution in [2.75, 3.05) is 12.4 Å². The third-order valence-electron chi connectivity index (χ3n) is 6.11. The van der Waals surface area contributed by atoms with Crippen LogP contribution in [0.5, 0.6) is 0 Å². The summed E-state index contributed by atoms with van der Waals surface area (Å²) in [6.45, 7) is 0. The van der Waals surface area contributed by atoms with Crippen LogP contribution in [0.3, 0.4) is 0 Å². The summed E-state index contributed by atoms with van der Waals surface area (Å²) in [5, 5.41) is 21.9. The molecule has 0 saturated carbocycles. The van der Waals surface area contributed by atoms with E-state index >= 15 is 0 Å². The van der Waals surface area contributed by atoms with E-state index in [0.29, 0.717) is 50.6 Å². The minimum Gasteiger partial charge on any atom is -0.453 e. The number of aromatic amines is 1. The number of amides is 2. The highest BCUT2D eigenvalue weighted by atomic mass is 35.5. The zero-order chi connectivity index (χ0) is 29.6. The number of ether oxygens (including phenoxy) is 1. The van der Waals surface area contributed by atoms with Gasteiger partial charge in [-0.15, -0.1) is 5.10 Å². The Bertz CT molecular complexity index is 1730. The van der Waals surface area contributed by atoms with Crippen LogP contribution in [0.4, 0.5) is 10.5 Å². The SMILES string of the molecule is COC(=O)Nc1ccc(-c2nc(C(Cc3cnn(C)c3)NC(=O)C=Cc3cc(Cl)ccc3-n3cnnn3)[nH]c2Cl)cc1. The number of carbonyl (C=O) groups is 2. The molecule has 2 aromatic carbocycles. The molecule has 15 heteroatoms. The van der Waals surface area contributed by atoms with Gasteiger partial charge in [-0.05, 0) is 52.4 Å². The third kappa shape index (κ3) is 6.82. The lowest BCUT2D eigenvalue weighted by Gasteiger charge is -2.15. The fourth-order valence-corrected chi connectivity index (χ4v) is 4.59. The van der Waals surface area contributed by atoms with Crippen molar-refractivity contribution in [2.45, 2.75) is 12.5 Å². The average Bonchev–Trinajstić information content (AvgIpc) is 3.74. The molecule has 1 atom stereocenters. The number of halogens is 2. The summed E-state index contributed by atoms with van der Waals surface area (Å²) in [4.78, 5) is 32.5. The van der Waals surface area contributed by atoms with Gasteiger partial charge in [-0.25, -0.2) is 9.78 Å². The average molecular weight is 607 g/mol. The molecule has 214 valence electrons. The molecule has 5 rings (SSSR count). The first-order chi connectivity index (χ1) is 20.3. The number of nitrogens with one attached hydrogen (secondary N) is 3. The standard InChI is InChI=1S/C27H24Cl2N10O3/c1-38-14-16(13-31-38)11-21(26-34-24(25(29)35-26)17-3-7-20(8-4-17)32-27(41)42-2)33-23(40)10-5-18-12-19(28)6-9-22(18)39-15-30-36-37-39/h3-10,12-15,21H,11H2,1-2H3,(H,32,41)(H,33,40)(H,34,35). The predicted octanol–water partition coefficient (Wildman–Crippen LogP) is 4.38. The van der Waals surface area contributed by atoms with Crippen LogP contribution >= 0.6 is 23.2 Å². The van der Waals surface area contributed by atoms with Crippen molar-refractivity contribution in [3.8, 4) is 16.9 Å². The van der Waals surface area contributed by atoms with Crippen LogP contribution < -0.4 is 10.6 Å². The molecule has 5 aromatic rings. The molecule has 3 aromatic heterocycles. The van der Waals surface area contributed by atoms with Gasteiger partial charge < -0.3 is 15.0 Å². The smallest absolute Gasteiger partial charge is 0.411 e. The number of hydrogen-bond acceptors (Lipinski definition) is 8. The molecule has 42 heavy (non-hydrogen) atoms. The maximum absolute atomic E-state index is 13.2. The number of aryl methyl sites for hydroxylation is 1. The second-order valence-electron chi connectivity index (χ2n) is 9.06. The molecule has 0 aliphatic carbocycles. The van der Waals surface area contributed by atoms with Crippen LogP contribution in [-0.2, 0) is 23.0 Å². The number of methoxy groups -OCH3 is 1. The van der Waals surface area contributed by atoms with Crippen LogP contribution in [0.15, 0.2) is 67.3 Å². The first-order valence-electron chi connectivity index (χ1n) is 12.5. The molecule has 3 heterocycles. The first-order valence-corrected chi connectivity index (χ1v) is 13.2. The van der Waals surface area contributed by atoms with Crippen molar-refractivity contribution in [3.63, 3.8) is 0 Å². The summed E-state index contributed by atoms with van der Waals surface area (Å²) in [6, 6.07) is 11.5. The third-order valence-corrected chi connectivity index (χ3v) is 6.62. The molecule has 0 radical (unpaired) electrons. The van der Waals surface area contributed by atoms with Crippen LogP contribution in [-0.4, -0.2) is 59.1 Å². The molecule has 3 N–H and O–H groups in total. The summed E-state index contributed by atoms with van der Waals surface area (Å²) in [7, 11) is 3.10. The quantitative estimate of drug-likeness (QED) is 0.208. The molecule has 2 amide bonds. The van der Waals surface area contributed by atoms with Crippen molar-refractivity contribution in [3.05, 3.63) is 94.4 Å². The van der Waals surface area contributed by atoms with Gasteiger partial charge >= 0.3 is 6.09 Å². The molecule has 0 aliphatic rings. The van der Waals surface area contributed by atoms with Gasteiger partial charge in [-0.2, -0.15) is 9.78 Å². The molecule has 0 saturated heterocycles. The molecule has 1 unspecified atom stereocenters. The van der Waals surface area contributed by atoms with E-state index in [-0.39, 0.29) is 5.91 Å². The van der Waals surface area contributed by atoms with Crippen LogP contribution in [0, 0.1) is 0 Å². The fraction of sp³-hybridized carbons (Fsp3) is 0.148. The number of imidazole rings is 1. The second kappa shape index (κ2) is 12.7. The zero-order valence-corrected chi connectivity index (χ0v) is 23.8. The highest BCUT2D eigenvalue weighted by Crippen LogP contribution is 2.29. The lowest BCUT2D eigenvalue weighted by atomic mass is 10.1. The number of H-pyrrole nitrogens is 1. The zero-order valence-electron chi connectivity index (χ0n) is 22.3. The van der Waals surface area contributed by atoms with Gasteiger partial charge in [0.2, 0.25) is 5.91 Å². The van der Waals surface area contributed by atoms with Gasteiger partial charge in [0.1, 0.15) is 23.0 Å². The van der Waals surface area contributed by atoms with Gasteiger partial charge in [0.25, 0.3) is 0 Å². The van der Waals surface area contributed by atoms with Crippen molar-refractivity contribution in [1.82, 2.24) is 45.3 Å². The van der Waals surface area contributed by atoms with E-state index in [2.05, 4.69) is 41.0 Å². The minimum atomic E-state index is -0.576. The Morgan fingerprint density at radius 2 is 1.98 bits per heavy atom. The monoisotopic (exact) mass is 606 g/mol. The van der Waals surface area contributed by atoms with Crippen molar-refractivity contribution < 1.29 is 14.3 Å². The van der Waals surface area contributed by atoms with Crippen LogP contribution in [0.25, 0.3) is 23.0 Å². The number of tetrazole rings is 1. The molecular weight excluding hydrogens is 583 g/mol. The molecular formula is C27H24Cl2N10O3. The summed E-state index contributed by atoms with van der Waals surface area (Å²) in [6.07, 6.45) is 7.87. The Hall–Kier alpha value is -5.01. The minimum absolute atomic E-state index is 0.296. The van der Waals surface area contributed by atoms with E-state index in [1.807, 2.05) is 13.2 Å². The number of anilines is 1. The Labute approximate surface area is 249 Å². The Morgan fingerprint density at radius 3 is 2.67 bits per heavy atom. The molecule has 0 aliphatic heterocycles. The number of rotatable bonds is 9. The summed E-state index contributed by atoms with van der Waals surface area (Å²) in [5.41, 5.74) is 3.92. The Kier molecular flexibility index (Phi) is 8.60. The maximum atomic E-state index is 13.2. The molecule has 13 nitrogen and oxygen atoms in total.